The van der Waals surface area contributed by atoms with Crippen LogP contribution in [-0.2, 0) is 0 Å². The van der Waals surface area contributed by atoms with Gasteiger partial charge >= 0.3 is 0 Å². The minimum absolute atomic E-state index is 0.387. The smallest absolute Gasteiger partial charge is 0.0343 e. The van der Waals surface area contributed by atoms with Crippen molar-refractivity contribution in [3.63, 3.8) is 0 Å². The minimum Gasteiger partial charge on any atom is -0.117 e. The van der Waals surface area contributed by atoms with Gasteiger partial charge in [-0.05, 0) is 71.5 Å². The van der Waals surface area contributed by atoms with Crippen LogP contribution in [0.1, 0.15) is 56.6 Å². The van der Waals surface area contributed by atoms with E-state index in [-0.39, 0.29) is 0 Å². The van der Waals surface area contributed by atoms with Gasteiger partial charge in [-0.3, -0.25) is 0 Å². The standard InChI is InChI=1S/C27H30S/c1-27(2)23-12-5-3-8-19(23)20-15-14-17(16-24(20)27)18-10-7-11-22-21-9-4-6-13-25(21)28-26(18)22/h3,6-8,10-11,13-16,19-21,23-25H,4-5,9,12H2,1-2H3. The minimum atomic E-state index is 0.387. The Balaban J connectivity index is 1.41. The molecule has 0 N–H and O–H groups in total. The fourth-order valence-electron chi connectivity index (χ4n) is 6.92. The van der Waals surface area contributed by atoms with Crippen LogP contribution in [0.3, 0.4) is 0 Å². The summed E-state index contributed by atoms with van der Waals surface area (Å²) < 4.78 is 0. The largest absolute Gasteiger partial charge is 0.117 e. The van der Waals surface area contributed by atoms with Crippen molar-refractivity contribution < 1.29 is 0 Å². The van der Waals surface area contributed by atoms with E-state index in [1.807, 2.05) is 0 Å². The van der Waals surface area contributed by atoms with E-state index in [9.17, 15) is 0 Å². The first kappa shape index (κ1) is 17.4. The zero-order valence-electron chi connectivity index (χ0n) is 17.0. The third-order valence-corrected chi connectivity index (χ3v) is 9.82. The average Bonchev–Trinajstić information content (AvgIpc) is 3.22. The summed E-state index contributed by atoms with van der Waals surface area (Å²) in [6.45, 7) is 5.07. The number of rotatable bonds is 1. The quantitative estimate of drug-likeness (QED) is 0.453. The van der Waals surface area contributed by atoms with Crippen molar-refractivity contribution in [1.29, 1.82) is 0 Å². The Morgan fingerprint density at radius 1 is 0.964 bits per heavy atom. The average molecular weight is 387 g/mol. The molecule has 6 unspecified atom stereocenters. The SMILES string of the molecule is CC1(C)C2C=C(c3cccc4c3SC3C=CCCC43)C=CC2C2C=CCCC21. The topological polar surface area (TPSA) is 0 Å². The molecule has 0 bridgehead atoms. The highest BCUT2D eigenvalue weighted by molar-refractivity contribution is 8.00. The summed E-state index contributed by atoms with van der Waals surface area (Å²) in [7, 11) is 0. The third-order valence-electron chi connectivity index (χ3n) is 8.37. The predicted octanol–water partition coefficient (Wildman–Crippen LogP) is 7.40. The normalized spacial score (nSPS) is 39.1. The molecule has 0 radical (unpaired) electrons. The van der Waals surface area contributed by atoms with Crippen LogP contribution in [0, 0.1) is 29.1 Å². The summed E-state index contributed by atoms with van der Waals surface area (Å²) in [6, 6.07) is 7.07. The molecule has 28 heavy (non-hydrogen) atoms. The van der Waals surface area contributed by atoms with Crippen molar-refractivity contribution in [2.75, 3.05) is 0 Å². The Morgan fingerprint density at radius 3 is 2.75 bits per heavy atom. The van der Waals surface area contributed by atoms with Gasteiger partial charge in [0.25, 0.3) is 0 Å². The highest BCUT2D eigenvalue weighted by atomic mass is 32.2. The molecule has 1 saturated carbocycles. The molecule has 0 amide bonds. The summed E-state index contributed by atoms with van der Waals surface area (Å²) in [5.41, 5.74) is 4.96. The van der Waals surface area contributed by atoms with Gasteiger partial charge in [-0.1, -0.05) is 74.6 Å². The van der Waals surface area contributed by atoms with E-state index in [0.717, 1.165) is 17.8 Å². The second-order valence-electron chi connectivity index (χ2n) is 10.0. The molecule has 6 rings (SSSR count). The van der Waals surface area contributed by atoms with Crippen LogP contribution in [0.5, 0.6) is 0 Å². The maximum atomic E-state index is 2.66. The van der Waals surface area contributed by atoms with E-state index < -0.39 is 0 Å². The zero-order valence-corrected chi connectivity index (χ0v) is 17.8. The lowest BCUT2D eigenvalue weighted by Crippen LogP contribution is -2.27. The molecular formula is C27H30S. The lowest BCUT2D eigenvalue weighted by atomic mass is 9.70. The van der Waals surface area contributed by atoms with Gasteiger partial charge in [0.15, 0.2) is 0 Å². The van der Waals surface area contributed by atoms with Gasteiger partial charge < -0.3 is 0 Å². The van der Waals surface area contributed by atoms with E-state index in [0.29, 0.717) is 22.5 Å². The lowest BCUT2D eigenvalue weighted by molar-refractivity contribution is 0.186. The monoisotopic (exact) mass is 386 g/mol. The number of fused-ring (bicyclic) bond motifs is 6. The molecule has 0 saturated heterocycles. The van der Waals surface area contributed by atoms with Crippen LogP contribution in [0.2, 0.25) is 0 Å². The molecule has 6 atom stereocenters. The summed E-state index contributed by atoms with van der Waals surface area (Å²) in [6.07, 6.45) is 22.7. The fraction of sp³-hybridized carbons (Fsp3) is 0.481. The molecule has 1 aliphatic heterocycles. The molecule has 0 nitrogen and oxygen atoms in total. The van der Waals surface area contributed by atoms with Crippen molar-refractivity contribution in [3.05, 3.63) is 71.9 Å². The summed E-state index contributed by atoms with van der Waals surface area (Å²) in [5, 5.41) is 0.654. The summed E-state index contributed by atoms with van der Waals surface area (Å²) >= 11 is 2.11. The van der Waals surface area contributed by atoms with Crippen molar-refractivity contribution in [2.24, 2.45) is 29.1 Å². The molecule has 144 valence electrons. The maximum Gasteiger partial charge on any atom is 0.0343 e. The van der Waals surface area contributed by atoms with Gasteiger partial charge in [-0.2, -0.15) is 0 Å². The third kappa shape index (κ3) is 2.38. The Hall–Kier alpha value is -1.47. The molecule has 0 spiro atoms. The molecule has 1 heterocycles. The van der Waals surface area contributed by atoms with E-state index in [1.165, 1.54) is 36.8 Å². The molecule has 5 aliphatic rings. The van der Waals surface area contributed by atoms with Gasteiger partial charge in [0, 0.05) is 16.1 Å². The van der Waals surface area contributed by atoms with Crippen molar-refractivity contribution in [2.45, 2.75) is 55.6 Å². The fourth-order valence-corrected chi connectivity index (χ4v) is 8.50. The van der Waals surface area contributed by atoms with Crippen LogP contribution in [0.25, 0.3) is 5.57 Å². The highest BCUT2D eigenvalue weighted by Crippen LogP contribution is 2.61. The number of benzene rings is 1. The second-order valence-corrected chi connectivity index (χ2v) is 11.2. The number of hydrogen-bond donors (Lipinski definition) is 0. The van der Waals surface area contributed by atoms with E-state index in [2.05, 4.69) is 86.3 Å². The molecule has 0 aromatic heterocycles. The Bertz CT molecular complexity index is 928. The molecular weight excluding hydrogens is 356 g/mol. The van der Waals surface area contributed by atoms with Crippen LogP contribution < -0.4 is 0 Å². The van der Waals surface area contributed by atoms with E-state index in [4.69, 9.17) is 0 Å². The first-order valence-corrected chi connectivity index (χ1v) is 12.1. The predicted molar refractivity (Wildman–Crippen MR) is 120 cm³/mol. The molecule has 4 aliphatic carbocycles. The molecule has 1 aromatic rings. The first-order valence-electron chi connectivity index (χ1n) is 11.2. The molecule has 1 fully saturated rings. The van der Waals surface area contributed by atoms with Crippen LogP contribution >= 0.6 is 11.8 Å². The summed E-state index contributed by atoms with van der Waals surface area (Å²) in [5.74, 6) is 3.65. The first-order chi connectivity index (χ1) is 13.6. The van der Waals surface area contributed by atoms with Crippen LogP contribution in [-0.4, -0.2) is 5.25 Å². The van der Waals surface area contributed by atoms with E-state index >= 15 is 0 Å². The second kappa shape index (κ2) is 6.26. The van der Waals surface area contributed by atoms with Crippen molar-refractivity contribution >= 4 is 17.3 Å². The summed E-state index contributed by atoms with van der Waals surface area (Å²) in [4.78, 5) is 1.56. The Morgan fingerprint density at radius 2 is 1.82 bits per heavy atom. The van der Waals surface area contributed by atoms with Crippen LogP contribution in [0.4, 0.5) is 0 Å². The highest BCUT2D eigenvalue weighted by Gasteiger charge is 2.53. The van der Waals surface area contributed by atoms with Gasteiger partial charge in [0.2, 0.25) is 0 Å². The van der Waals surface area contributed by atoms with Crippen molar-refractivity contribution in [3.8, 4) is 0 Å². The van der Waals surface area contributed by atoms with E-state index in [1.54, 1.807) is 10.5 Å². The Labute approximate surface area is 173 Å². The van der Waals surface area contributed by atoms with Gasteiger partial charge in [0.05, 0.1) is 0 Å². The lowest BCUT2D eigenvalue weighted by Gasteiger charge is -2.35. The maximum absolute atomic E-state index is 2.66. The molecule has 1 aromatic carbocycles. The Kier molecular flexibility index (Phi) is 3.89. The van der Waals surface area contributed by atoms with Gasteiger partial charge in [-0.15, -0.1) is 11.8 Å². The molecule has 1 heteroatoms. The van der Waals surface area contributed by atoms with Crippen molar-refractivity contribution in [1.82, 2.24) is 0 Å². The number of allylic oxidation sites excluding steroid dienone is 7. The van der Waals surface area contributed by atoms with Gasteiger partial charge in [-0.25, -0.2) is 0 Å². The van der Waals surface area contributed by atoms with Gasteiger partial charge in [0.1, 0.15) is 0 Å². The van der Waals surface area contributed by atoms with Crippen LogP contribution in [0.15, 0.2) is 65.6 Å². The zero-order chi connectivity index (χ0) is 18.9. The number of hydrogen-bond acceptors (Lipinski definition) is 1. The number of thioether (sulfide) groups is 1.